The Morgan fingerprint density at radius 3 is 2.47 bits per heavy atom. The molecular weight excluding hydrogens is 740 g/mol. The zero-order chi connectivity index (χ0) is 40.2. The van der Waals surface area contributed by atoms with Gasteiger partial charge in [0.1, 0.15) is 29.6 Å². The molecule has 0 radical (unpaired) electrons. The van der Waals surface area contributed by atoms with Crippen molar-refractivity contribution < 1.29 is 51.0 Å². The van der Waals surface area contributed by atoms with E-state index in [1.807, 2.05) is 0 Å². The molecule has 55 heavy (non-hydrogen) atoms. The minimum atomic E-state index is -3.61. The molecule has 2 heterocycles. The highest BCUT2D eigenvalue weighted by Gasteiger charge is 2.46. The first-order valence-electron chi connectivity index (χ1n) is 18.3. The van der Waals surface area contributed by atoms with Crippen molar-refractivity contribution in [1.29, 1.82) is 0 Å². The van der Waals surface area contributed by atoms with Gasteiger partial charge < -0.3 is 30.3 Å². The first-order valence-corrected chi connectivity index (χ1v) is 19.8. The van der Waals surface area contributed by atoms with Gasteiger partial charge in [0.15, 0.2) is 0 Å². The molecule has 2 aliphatic heterocycles. The predicted octanol–water partition coefficient (Wildman–Crippen LogP) is 2.22. The minimum absolute atomic E-state index is 0.00283. The number of fused-ring (bicyclic) bond motifs is 1. The number of nitrogens with one attached hydrogen (secondary N) is 2. The lowest BCUT2D eigenvalue weighted by Crippen LogP contribution is -2.57. The Morgan fingerprint density at radius 2 is 1.84 bits per heavy atom. The SMILES string of the molecule is C=CC(=O)N(C/C=C/CCC1C[C@@H]1C(=O)NS(=O)(=O)C1CC1)C[C@H](NC(=O)OC(C)(C)C)C(=O)N1CC(OC(=O)N2Cc3cccc(F)c3C2)CC1C(N)=O. The number of halogens is 1. The van der Waals surface area contributed by atoms with Crippen LogP contribution in [0.25, 0.3) is 0 Å². The van der Waals surface area contributed by atoms with Crippen LogP contribution in [0.4, 0.5) is 14.0 Å². The number of alkyl carbamates (subject to hydrolysis) is 1. The van der Waals surface area contributed by atoms with E-state index in [2.05, 4.69) is 16.6 Å². The number of carbonyl (C=O) groups is 6. The number of sulfonamides is 1. The zero-order valence-electron chi connectivity index (χ0n) is 31.2. The summed E-state index contributed by atoms with van der Waals surface area (Å²) in [4.78, 5) is 81.9. The van der Waals surface area contributed by atoms with Gasteiger partial charge in [-0.1, -0.05) is 30.9 Å². The Labute approximate surface area is 319 Å². The van der Waals surface area contributed by atoms with Crippen LogP contribution >= 0.6 is 0 Å². The third kappa shape index (κ3) is 10.8. The first kappa shape index (κ1) is 41.2. The van der Waals surface area contributed by atoms with Crippen LogP contribution in [0.15, 0.2) is 43.0 Å². The van der Waals surface area contributed by atoms with Gasteiger partial charge in [-0.05, 0) is 76.5 Å². The number of nitrogens with zero attached hydrogens (tertiary/aromatic N) is 3. The summed E-state index contributed by atoms with van der Waals surface area (Å²) >= 11 is 0. The van der Waals surface area contributed by atoms with E-state index in [9.17, 15) is 41.6 Å². The van der Waals surface area contributed by atoms with Crippen LogP contribution in [0, 0.1) is 17.7 Å². The van der Waals surface area contributed by atoms with Crippen molar-refractivity contribution in [3.05, 3.63) is 60.0 Å². The number of rotatable bonds is 15. The summed E-state index contributed by atoms with van der Waals surface area (Å²) in [6, 6.07) is 1.90. The van der Waals surface area contributed by atoms with Crippen molar-refractivity contribution >= 4 is 45.8 Å². The minimum Gasteiger partial charge on any atom is -0.444 e. The Balaban J connectivity index is 1.21. The Kier molecular flexibility index (Phi) is 12.6. The van der Waals surface area contributed by atoms with E-state index in [-0.39, 0.29) is 51.0 Å². The van der Waals surface area contributed by atoms with Crippen molar-refractivity contribution in [2.75, 3.05) is 19.6 Å². The summed E-state index contributed by atoms with van der Waals surface area (Å²) < 4.78 is 51.7. The van der Waals surface area contributed by atoms with Gasteiger partial charge in [0, 0.05) is 31.0 Å². The molecule has 300 valence electrons. The number of benzene rings is 1. The molecule has 1 aromatic carbocycles. The van der Waals surface area contributed by atoms with Crippen molar-refractivity contribution in [1.82, 2.24) is 24.7 Å². The predicted molar refractivity (Wildman–Crippen MR) is 195 cm³/mol. The standard InChI is InChI=1S/C37H49FN6O10S/c1-5-31(45)42(15-8-6-7-10-22-16-26(22)33(47)41-55(51,52)25-13-14-25)21-29(40-35(49)54-37(2,3)4)34(48)44-19-24(17-30(44)32(39)46)53-36(50)43-18-23-11-9-12-28(38)27(23)20-43/h5-6,8-9,11-12,22,24-26,29-30H,1,7,10,13-21H2,2-4H3,(H2,39,46)(H,40,49)(H,41,47)/b8-6+/t22?,24?,26-,29-,30?/m0/s1. The van der Waals surface area contributed by atoms with E-state index in [0.29, 0.717) is 43.2 Å². The Morgan fingerprint density at radius 1 is 1.11 bits per heavy atom. The average Bonchev–Trinajstić information content (AvgIpc) is 4.02. The normalized spacial score (nSPS) is 22.4. The second-order valence-corrected chi connectivity index (χ2v) is 17.4. The molecule has 2 saturated carbocycles. The van der Waals surface area contributed by atoms with Crippen LogP contribution in [0.2, 0.25) is 0 Å². The molecule has 6 amide bonds. The molecule has 3 unspecified atom stereocenters. The lowest BCUT2D eigenvalue weighted by Gasteiger charge is -2.31. The number of nitrogens with two attached hydrogens (primary N) is 1. The van der Waals surface area contributed by atoms with E-state index in [0.717, 1.165) is 11.0 Å². The Bertz CT molecular complexity index is 1840. The average molecular weight is 789 g/mol. The third-order valence-corrected chi connectivity index (χ3v) is 11.7. The van der Waals surface area contributed by atoms with Gasteiger partial charge in [0.05, 0.1) is 24.9 Å². The summed E-state index contributed by atoms with van der Waals surface area (Å²) in [6.45, 7) is 7.93. The van der Waals surface area contributed by atoms with Crippen molar-refractivity contribution in [2.24, 2.45) is 17.6 Å². The Hall–Kier alpha value is -5.00. The zero-order valence-corrected chi connectivity index (χ0v) is 32.0. The van der Waals surface area contributed by atoms with Gasteiger partial charge in [-0.15, -0.1) is 0 Å². The highest BCUT2D eigenvalue weighted by molar-refractivity contribution is 7.90. The van der Waals surface area contributed by atoms with Gasteiger partial charge in [0.2, 0.25) is 33.7 Å². The topological polar surface area (TPSA) is 215 Å². The van der Waals surface area contributed by atoms with Gasteiger partial charge in [0.25, 0.3) is 0 Å². The molecule has 5 atom stereocenters. The summed E-state index contributed by atoms with van der Waals surface area (Å²) in [5.74, 6) is -3.48. The molecule has 1 aromatic rings. The lowest BCUT2D eigenvalue weighted by molar-refractivity contribution is -0.140. The fourth-order valence-corrected chi connectivity index (χ4v) is 8.11. The number of primary amides is 1. The van der Waals surface area contributed by atoms with Crippen LogP contribution in [-0.2, 0) is 51.8 Å². The maximum Gasteiger partial charge on any atom is 0.410 e. The number of ether oxygens (including phenoxy) is 2. The van der Waals surface area contributed by atoms with Crippen LogP contribution in [0.1, 0.15) is 70.4 Å². The fourth-order valence-electron chi connectivity index (χ4n) is 6.76. The van der Waals surface area contributed by atoms with E-state index >= 15 is 0 Å². The summed E-state index contributed by atoms with van der Waals surface area (Å²) in [5, 5.41) is 2.03. The van der Waals surface area contributed by atoms with Gasteiger partial charge >= 0.3 is 12.2 Å². The van der Waals surface area contributed by atoms with E-state index in [1.165, 1.54) is 15.9 Å². The van der Waals surface area contributed by atoms with E-state index in [1.54, 1.807) is 45.1 Å². The highest BCUT2D eigenvalue weighted by atomic mass is 32.2. The van der Waals surface area contributed by atoms with Gasteiger partial charge in [-0.2, -0.15) is 0 Å². The molecule has 0 aromatic heterocycles. The molecule has 3 fully saturated rings. The maximum atomic E-state index is 14.3. The second-order valence-electron chi connectivity index (χ2n) is 15.4. The second kappa shape index (κ2) is 16.8. The van der Waals surface area contributed by atoms with Gasteiger partial charge in [-0.3, -0.25) is 28.8 Å². The van der Waals surface area contributed by atoms with Gasteiger partial charge in [-0.25, -0.2) is 22.4 Å². The number of amides is 6. The molecule has 0 bridgehead atoms. The molecule has 1 saturated heterocycles. The van der Waals surface area contributed by atoms with Crippen molar-refractivity contribution in [3.63, 3.8) is 0 Å². The summed E-state index contributed by atoms with van der Waals surface area (Å²) in [7, 11) is -3.61. The fraction of sp³-hybridized carbons (Fsp3) is 0.568. The quantitative estimate of drug-likeness (QED) is 0.174. The summed E-state index contributed by atoms with van der Waals surface area (Å²) in [6.07, 6.45) is 4.57. The van der Waals surface area contributed by atoms with Crippen LogP contribution in [0.3, 0.4) is 0 Å². The monoisotopic (exact) mass is 788 g/mol. The lowest BCUT2D eigenvalue weighted by atomic mass is 10.1. The van der Waals surface area contributed by atoms with Crippen LogP contribution in [-0.4, -0.2) is 108 Å². The molecule has 4 aliphatic rings. The highest BCUT2D eigenvalue weighted by Crippen LogP contribution is 2.42. The molecule has 5 rings (SSSR count). The largest absolute Gasteiger partial charge is 0.444 e. The summed E-state index contributed by atoms with van der Waals surface area (Å²) in [5.41, 5.74) is 5.76. The number of hydrogen-bond acceptors (Lipinski definition) is 10. The molecular formula is C37H49FN6O10S. The molecule has 18 heteroatoms. The smallest absolute Gasteiger partial charge is 0.410 e. The number of allylic oxidation sites excluding steroid dienone is 1. The van der Waals surface area contributed by atoms with E-state index < -0.39 is 80.7 Å². The number of hydrogen-bond donors (Lipinski definition) is 3. The van der Waals surface area contributed by atoms with E-state index in [4.69, 9.17) is 15.2 Å². The van der Waals surface area contributed by atoms with Crippen molar-refractivity contribution in [3.8, 4) is 0 Å². The van der Waals surface area contributed by atoms with Crippen LogP contribution < -0.4 is 15.8 Å². The molecule has 4 N–H and O–H groups in total. The number of carbonyl (C=O) groups excluding carboxylic acids is 6. The molecule has 0 spiro atoms. The molecule has 2 aliphatic carbocycles. The molecule has 16 nitrogen and oxygen atoms in total. The third-order valence-electron chi connectivity index (χ3n) is 9.87. The van der Waals surface area contributed by atoms with Crippen LogP contribution in [0.5, 0.6) is 0 Å². The van der Waals surface area contributed by atoms with Crippen molar-refractivity contribution in [2.45, 2.75) is 101 Å². The first-order chi connectivity index (χ1) is 25.9. The number of likely N-dealkylation sites (tertiary alicyclic amines) is 1. The maximum absolute atomic E-state index is 14.3.